The number of benzene rings is 1. The maximum Gasteiger partial charge on any atom is 0.161 e. The third-order valence-corrected chi connectivity index (χ3v) is 5.01. The molecule has 1 atom stereocenters. The van der Waals surface area contributed by atoms with Crippen molar-refractivity contribution in [3.63, 3.8) is 0 Å². The Morgan fingerprint density at radius 3 is 2.75 bits per heavy atom. The molecular weight excluding hydrogens is 302 g/mol. The molecule has 2 aliphatic heterocycles. The zero-order valence-corrected chi connectivity index (χ0v) is 15.1. The number of piperazine rings is 1. The van der Waals surface area contributed by atoms with Crippen LogP contribution in [0.25, 0.3) is 0 Å². The SMILES string of the molecule is CCCOc1ccc(CN2CCC(N3CCNCC3)C2)cc1OC. The highest BCUT2D eigenvalue weighted by atomic mass is 16.5. The van der Waals surface area contributed by atoms with Gasteiger partial charge in [0.1, 0.15) is 0 Å². The van der Waals surface area contributed by atoms with Gasteiger partial charge < -0.3 is 14.8 Å². The van der Waals surface area contributed by atoms with E-state index in [1.165, 1.54) is 38.2 Å². The van der Waals surface area contributed by atoms with Crippen molar-refractivity contribution in [1.29, 1.82) is 0 Å². The van der Waals surface area contributed by atoms with Gasteiger partial charge in [-0.05, 0) is 30.5 Å². The fraction of sp³-hybridized carbons (Fsp3) is 0.684. The molecule has 1 N–H and O–H groups in total. The molecule has 1 unspecified atom stereocenters. The van der Waals surface area contributed by atoms with Crippen LogP contribution in [0, 0.1) is 0 Å². The topological polar surface area (TPSA) is 37.0 Å². The molecule has 2 fully saturated rings. The second-order valence-corrected chi connectivity index (χ2v) is 6.80. The lowest BCUT2D eigenvalue weighted by Crippen LogP contribution is -2.49. The van der Waals surface area contributed by atoms with Crippen LogP contribution in [0.2, 0.25) is 0 Å². The van der Waals surface area contributed by atoms with E-state index in [0.29, 0.717) is 0 Å². The van der Waals surface area contributed by atoms with Gasteiger partial charge in [-0.2, -0.15) is 0 Å². The lowest BCUT2D eigenvalue weighted by Gasteiger charge is -2.32. The average molecular weight is 333 g/mol. The molecule has 0 saturated carbocycles. The van der Waals surface area contributed by atoms with Gasteiger partial charge in [0.2, 0.25) is 0 Å². The first-order valence-corrected chi connectivity index (χ1v) is 9.27. The Kier molecular flexibility index (Phi) is 6.35. The Bertz CT molecular complexity index is 517. The summed E-state index contributed by atoms with van der Waals surface area (Å²) >= 11 is 0. The summed E-state index contributed by atoms with van der Waals surface area (Å²) in [5.41, 5.74) is 1.30. The smallest absolute Gasteiger partial charge is 0.161 e. The van der Waals surface area contributed by atoms with Crippen LogP contribution >= 0.6 is 0 Å². The normalized spacial score (nSPS) is 22.7. The summed E-state index contributed by atoms with van der Waals surface area (Å²) in [6.45, 7) is 10.8. The van der Waals surface area contributed by atoms with E-state index in [1.54, 1.807) is 7.11 Å². The molecule has 0 spiro atoms. The van der Waals surface area contributed by atoms with E-state index in [-0.39, 0.29) is 0 Å². The second kappa shape index (κ2) is 8.70. The Hall–Kier alpha value is -1.30. The Balaban J connectivity index is 1.56. The minimum Gasteiger partial charge on any atom is -0.493 e. The highest BCUT2D eigenvalue weighted by Crippen LogP contribution is 2.29. The Morgan fingerprint density at radius 2 is 2.00 bits per heavy atom. The van der Waals surface area contributed by atoms with Crippen molar-refractivity contribution in [3.05, 3.63) is 23.8 Å². The number of rotatable bonds is 7. The molecule has 0 radical (unpaired) electrons. The fourth-order valence-corrected chi connectivity index (χ4v) is 3.70. The second-order valence-electron chi connectivity index (χ2n) is 6.80. The monoisotopic (exact) mass is 333 g/mol. The molecule has 3 rings (SSSR count). The van der Waals surface area contributed by atoms with Crippen molar-refractivity contribution >= 4 is 0 Å². The van der Waals surface area contributed by atoms with E-state index in [9.17, 15) is 0 Å². The van der Waals surface area contributed by atoms with E-state index in [4.69, 9.17) is 9.47 Å². The quantitative estimate of drug-likeness (QED) is 0.826. The minimum absolute atomic E-state index is 0.723. The molecule has 5 heteroatoms. The van der Waals surface area contributed by atoms with E-state index in [0.717, 1.165) is 50.2 Å². The molecule has 2 aliphatic rings. The van der Waals surface area contributed by atoms with Crippen molar-refractivity contribution in [3.8, 4) is 11.5 Å². The van der Waals surface area contributed by atoms with Crippen molar-refractivity contribution in [2.24, 2.45) is 0 Å². The summed E-state index contributed by atoms with van der Waals surface area (Å²) in [5, 5.41) is 3.44. The summed E-state index contributed by atoms with van der Waals surface area (Å²) in [5.74, 6) is 1.70. The lowest BCUT2D eigenvalue weighted by molar-refractivity contribution is 0.170. The average Bonchev–Trinajstić information content (AvgIpc) is 3.09. The molecular formula is C19H31N3O2. The largest absolute Gasteiger partial charge is 0.493 e. The van der Waals surface area contributed by atoms with Gasteiger partial charge in [-0.1, -0.05) is 13.0 Å². The molecule has 2 saturated heterocycles. The van der Waals surface area contributed by atoms with Gasteiger partial charge in [0.25, 0.3) is 0 Å². The molecule has 0 bridgehead atoms. The van der Waals surface area contributed by atoms with Crippen molar-refractivity contribution in [2.45, 2.75) is 32.4 Å². The zero-order chi connectivity index (χ0) is 16.8. The third-order valence-electron chi connectivity index (χ3n) is 5.01. The third kappa shape index (κ3) is 4.41. The summed E-state index contributed by atoms with van der Waals surface area (Å²) in [6.07, 6.45) is 2.29. The molecule has 1 aromatic rings. The standard InChI is InChI=1S/C19H31N3O2/c1-3-12-24-18-5-4-16(13-19(18)23-2)14-21-9-6-17(15-21)22-10-7-20-8-11-22/h4-5,13,17,20H,3,6-12,14-15H2,1-2H3. The molecule has 134 valence electrons. The Morgan fingerprint density at radius 1 is 1.17 bits per heavy atom. The van der Waals surface area contributed by atoms with Crippen LogP contribution < -0.4 is 14.8 Å². The van der Waals surface area contributed by atoms with Gasteiger partial charge >= 0.3 is 0 Å². The molecule has 2 heterocycles. The van der Waals surface area contributed by atoms with Gasteiger partial charge in [0, 0.05) is 51.9 Å². The van der Waals surface area contributed by atoms with Crippen LogP contribution in [0.4, 0.5) is 0 Å². The van der Waals surface area contributed by atoms with Gasteiger partial charge in [0.05, 0.1) is 13.7 Å². The Labute approximate surface area is 145 Å². The number of ether oxygens (including phenoxy) is 2. The lowest BCUT2D eigenvalue weighted by atomic mass is 10.2. The van der Waals surface area contributed by atoms with Crippen LogP contribution in [-0.4, -0.2) is 68.8 Å². The minimum atomic E-state index is 0.723. The maximum absolute atomic E-state index is 5.75. The zero-order valence-electron chi connectivity index (χ0n) is 15.1. The van der Waals surface area contributed by atoms with Gasteiger partial charge in [-0.25, -0.2) is 0 Å². The molecule has 0 aliphatic carbocycles. The summed E-state index contributed by atoms with van der Waals surface area (Å²) in [6, 6.07) is 7.07. The van der Waals surface area contributed by atoms with E-state index in [1.807, 2.05) is 6.07 Å². The fourth-order valence-electron chi connectivity index (χ4n) is 3.70. The highest BCUT2D eigenvalue weighted by molar-refractivity contribution is 5.43. The number of likely N-dealkylation sites (tertiary alicyclic amines) is 1. The first kappa shape index (κ1) is 17.5. The van der Waals surface area contributed by atoms with Crippen LogP contribution in [0.15, 0.2) is 18.2 Å². The van der Waals surface area contributed by atoms with E-state index >= 15 is 0 Å². The molecule has 0 amide bonds. The van der Waals surface area contributed by atoms with Gasteiger partial charge in [-0.15, -0.1) is 0 Å². The van der Waals surface area contributed by atoms with Crippen LogP contribution in [0.1, 0.15) is 25.3 Å². The van der Waals surface area contributed by atoms with Crippen LogP contribution in [-0.2, 0) is 6.54 Å². The number of methoxy groups -OCH3 is 1. The van der Waals surface area contributed by atoms with Crippen molar-refractivity contribution < 1.29 is 9.47 Å². The first-order chi connectivity index (χ1) is 11.8. The highest BCUT2D eigenvalue weighted by Gasteiger charge is 2.28. The summed E-state index contributed by atoms with van der Waals surface area (Å²) in [4.78, 5) is 5.22. The van der Waals surface area contributed by atoms with Gasteiger partial charge in [-0.3, -0.25) is 9.80 Å². The summed E-state index contributed by atoms with van der Waals surface area (Å²) < 4.78 is 11.3. The number of nitrogens with one attached hydrogen (secondary N) is 1. The molecule has 24 heavy (non-hydrogen) atoms. The van der Waals surface area contributed by atoms with E-state index in [2.05, 4.69) is 34.2 Å². The first-order valence-electron chi connectivity index (χ1n) is 9.27. The maximum atomic E-state index is 5.75. The van der Waals surface area contributed by atoms with E-state index < -0.39 is 0 Å². The molecule has 5 nitrogen and oxygen atoms in total. The number of hydrogen-bond donors (Lipinski definition) is 1. The number of hydrogen-bond acceptors (Lipinski definition) is 5. The summed E-state index contributed by atoms with van der Waals surface area (Å²) in [7, 11) is 1.72. The molecule has 0 aromatic heterocycles. The predicted molar refractivity (Wildman–Crippen MR) is 96.9 cm³/mol. The van der Waals surface area contributed by atoms with Crippen LogP contribution in [0.3, 0.4) is 0 Å². The van der Waals surface area contributed by atoms with Crippen LogP contribution in [0.5, 0.6) is 11.5 Å². The number of nitrogens with zero attached hydrogens (tertiary/aromatic N) is 2. The van der Waals surface area contributed by atoms with Crippen molar-refractivity contribution in [2.75, 3.05) is 53.0 Å². The predicted octanol–water partition coefficient (Wildman–Crippen LogP) is 1.96. The molecule has 1 aromatic carbocycles. The van der Waals surface area contributed by atoms with Crippen molar-refractivity contribution in [1.82, 2.24) is 15.1 Å². The van der Waals surface area contributed by atoms with Gasteiger partial charge in [0.15, 0.2) is 11.5 Å².